The highest BCUT2D eigenvalue weighted by atomic mass is 32.2. The predicted octanol–water partition coefficient (Wildman–Crippen LogP) is 1.02. The number of piperidine rings is 1. The van der Waals surface area contributed by atoms with Gasteiger partial charge in [0, 0.05) is 17.5 Å². The van der Waals surface area contributed by atoms with Crippen molar-refractivity contribution in [3.8, 4) is 5.75 Å². The largest absolute Gasteiger partial charge is 0.496 e. The predicted molar refractivity (Wildman–Crippen MR) is 98.4 cm³/mol. The van der Waals surface area contributed by atoms with E-state index in [2.05, 4.69) is 10.6 Å². The zero-order valence-corrected chi connectivity index (χ0v) is 15.9. The summed E-state index contributed by atoms with van der Waals surface area (Å²) in [5.74, 6) is 0.0710. The van der Waals surface area contributed by atoms with E-state index >= 15 is 0 Å². The van der Waals surface area contributed by atoms with Crippen LogP contribution in [0.15, 0.2) is 23.1 Å². The Kier molecular flexibility index (Phi) is 5.41. The average molecular weight is 377 g/mol. The summed E-state index contributed by atoms with van der Waals surface area (Å²) in [5, 5.41) is 5.68. The molecule has 2 heterocycles. The number of carbonyl (C=O) groups excluding carboxylic acids is 3. The van der Waals surface area contributed by atoms with Crippen molar-refractivity contribution in [2.75, 3.05) is 19.9 Å². The second-order valence-electron chi connectivity index (χ2n) is 6.54. The molecule has 0 aliphatic carbocycles. The summed E-state index contributed by atoms with van der Waals surface area (Å²) in [6.45, 7) is 2.16. The molecule has 0 aromatic heterocycles. The molecule has 8 heteroatoms. The third kappa shape index (κ3) is 3.51. The molecule has 0 spiro atoms. The van der Waals surface area contributed by atoms with E-state index in [4.69, 9.17) is 4.74 Å². The first kappa shape index (κ1) is 18.6. The van der Waals surface area contributed by atoms with E-state index in [-0.39, 0.29) is 23.8 Å². The van der Waals surface area contributed by atoms with Gasteiger partial charge in [0.1, 0.15) is 17.8 Å². The first-order valence-electron chi connectivity index (χ1n) is 8.58. The van der Waals surface area contributed by atoms with E-state index in [0.717, 1.165) is 4.90 Å². The molecule has 7 nitrogen and oxygen atoms in total. The average Bonchev–Trinajstić information content (AvgIpc) is 2.65. The summed E-state index contributed by atoms with van der Waals surface area (Å²) in [5.41, 5.74) is 0.463. The third-order valence-corrected chi connectivity index (χ3v) is 5.63. The van der Waals surface area contributed by atoms with E-state index in [1.54, 1.807) is 29.7 Å². The number of carbonyl (C=O) groups is 3. The molecule has 3 amide bonds. The van der Waals surface area contributed by atoms with E-state index in [0.29, 0.717) is 30.7 Å². The Labute approximate surface area is 156 Å². The van der Waals surface area contributed by atoms with Gasteiger partial charge >= 0.3 is 0 Å². The Bertz CT molecular complexity index is 739. The van der Waals surface area contributed by atoms with Gasteiger partial charge in [-0.05, 0) is 44.2 Å². The summed E-state index contributed by atoms with van der Waals surface area (Å²) >= 11 is 1.57. The molecule has 2 fully saturated rings. The summed E-state index contributed by atoms with van der Waals surface area (Å²) in [6.07, 6.45) is 3.00. The molecule has 0 unspecified atom stereocenters. The first-order chi connectivity index (χ1) is 12.4. The smallest absolute Gasteiger partial charge is 0.255 e. The van der Waals surface area contributed by atoms with Crippen LogP contribution in [0, 0.1) is 0 Å². The fourth-order valence-electron chi connectivity index (χ4n) is 3.48. The molecular formula is C18H23N3O4S. The molecule has 3 rings (SSSR count). The number of hydrogen-bond donors (Lipinski definition) is 2. The lowest BCUT2D eigenvalue weighted by atomic mass is 9.93. The summed E-state index contributed by atoms with van der Waals surface area (Å²) in [4.78, 5) is 39.7. The van der Waals surface area contributed by atoms with Crippen LogP contribution in [0.25, 0.3) is 0 Å². The minimum Gasteiger partial charge on any atom is -0.496 e. The Hall–Kier alpha value is -2.22. The maximum Gasteiger partial charge on any atom is 0.255 e. The maximum absolute atomic E-state index is 12.7. The number of amides is 3. The van der Waals surface area contributed by atoms with E-state index in [1.807, 2.05) is 18.4 Å². The molecule has 2 saturated heterocycles. The van der Waals surface area contributed by atoms with Crippen LogP contribution < -0.4 is 15.4 Å². The molecule has 26 heavy (non-hydrogen) atoms. The van der Waals surface area contributed by atoms with Crippen molar-refractivity contribution in [1.29, 1.82) is 0 Å². The molecule has 2 N–H and O–H groups in total. The number of methoxy groups -OCH3 is 1. The molecule has 0 radical (unpaired) electrons. The lowest BCUT2D eigenvalue weighted by molar-refractivity contribution is -0.151. The fourth-order valence-corrected chi connectivity index (χ4v) is 3.91. The monoisotopic (exact) mass is 377 g/mol. The Balaban J connectivity index is 1.70. The van der Waals surface area contributed by atoms with Gasteiger partial charge in [-0.25, -0.2) is 0 Å². The number of benzene rings is 1. The topological polar surface area (TPSA) is 87.7 Å². The van der Waals surface area contributed by atoms with Gasteiger partial charge < -0.3 is 20.3 Å². The first-order valence-corrected chi connectivity index (χ1v) is 9.80. The zero-order chi connectivity index (χ0) is 18.8. The minimum absolute atomic E-state index is 0.0614. The number of hydrogen-bond acceptors (Lipinski definition) is 5. The van der Waals surface area contributed by atoms with Gasteiger partial charge in [0.2, 0.25) is 11.8 Å². The van der Waals surface area contributed by atoms with E-state index < -0.39 is 12.1 Å². The number of piperazine rings is 1. The van der Waals surface area contributed by atoms with Crippen LogP contribution in [0.2, 0.25) is 0 Å². The Morgan fingerprint density at radius 1 is 1.38 bits per heavy atom. The van der Waals surface area contributed by atoms with Crippen LogP contribution in [0.5, 0.6) is 5.75 Å². The van der Waals surface area contributed by atoms with Crippen molar-refractivity contribution < 1.29 is 19.1 Å². The van der Waals surface area contributed by atoms with Crippen LogP contribution in [-0.4, -0.2) is 60.7 Å². The molecule has 140 valence electrons. The molecule has 1 aromatic carbocycles. The maximum atomic E-state index is 12.7. The number of ether oxygens (including phenoxy) is 1. The van der Waals surface area contributed by atoms with Gasteiger partial charge in [-0.3, -0.25) is 14.4 Å². The SMILES string of the molecule is COc1cc(SC)ccc1C(=O)N[C@H]1CCN2C(=O)[C@@H](C)NC(=O)[C@@H]2C1. The Morgan fingerprint density at radius 3 is 2.85 bits per heavy atom. The van der Waals surface area contributed by atoms with Crippen molar-refractivity contribution in [3.05, 3.63) is 23.8 Å². The van der Waals surface area contributed by atoms with Crippen molar-refractivity contribution in [2.24, 2.45) is 0 Å². The molecule has 3 atom stereocenters. The van der Waals surface area contributed by atoms with Crippen LogP contribution in [0.3, 0.4) is 0 Å². The van der Waals surface area contributed by atoms with Crippen LogP contribution >= 0.6 is 11.8 Å². The van der Waals surface area contributed by atoms with Gasteiger partial charge in [-0.1, -0.05) is 0 Å². The van der Waals surface area contributed by atoms with E-state index in [1.165, 1.54) is 7.11 Å². The molecule has 0 bridgehead atoms. The number of thioether (sulfide) groups is 1. The molecule has 2 aliphatic rings. The van der Waals surface area contributed by atoms with Crippen molar-refractivity contribution >= 4 is 29.5 Å². The highest BCUT2D eigenvalue weighted by Crippen LogP contribution is 2.26. The van der Waals surface area contributed by atoms with E-state index in [9.17, 15) is 14.4 Å². The van der Waals surface area contributed by atoms with Gasteiger partial charge in [0.05, 0.1) is 12.7 Å². The van der Waals surface area contributed by atoms with Crippen molar-refractivity contribution in [2.45, 2.75) is 42.8 Å². The minimum atomic E-state index is -0.515. The Morgan fingerprint density at radius 2 is 2.15 bits per heavy atom. The summed E-state index contributed by atoms with van der Waals surface area (Å²) in [7, 11) is 1.54. The standard InChI is InChI=1S/C18H23N3O4S/c1-10-18(24)21-7-6-11(8-14(21)17(23)19-10)20-16(22)13-5-4-12(26-3)9-15(13)25-2/h4-5,9-11,14H,6-8H2,1-3H3,(H,19,23)(H,20,22)/t10-,11+,14+/m1/s1. The molecular weight excluding hydrogens is 354 g/mol. The number of nitrogens with zero attached hydrogens (tertiary/aromatic N) is 1. The van der Waals surface area contributed by atoms with Gasteiger partial charge in [0.15, 0.2) is 0 Å². The lowest BCUT2D eigenvalue weighted by Crippen LogP contribution is -2.66. The third-order valence-electron chi connectivity index (χ3n) is 4.91. The zero-order valence-electron chi connectivity index (χ0n) is 15.1. The van der Waals surface area contributed by atoms with Crippen LogP contribution in [0.4, 0.5) is 0 Å². The number of rotatable bonds is 4. The second-order valence-corrected chi connectivity index (χ2v) is 7.42. The molecule has 1 aromatic rings. The van der Waals surface area contributed by atoms with Crippen molar-refractivity contribution in [1.82, 2.24) is 15.5 Å². The molecule has 0 saturated carbocycles. The number of nitrogens with one attached hydrogen (secondary N) is 2. The van der Waals surface area contributed by atoms with Crippen LogP contribution in [-0.2, 0) is 9.59 Å². The summed E-state index contributed by atoms with van der Waals surface area (Å²) in [6, 6.07) is 4.28. The quantitative estimate of drug-likeness (QED) is 0.765. The number of fused-ring (bicyclic) bond motifs is 1. The summed E-state index contributed by atoms with van der Waals surface area (Å²) < 4.78 is 5.34. The fraction of sp³-hybridized carbons (Fsp3) is 0.500. The van der Waals surface area contributed by atoms with Gasteiger partial charge in [-0.15, -0.1) is 11.8 Å². The van der Waals surface area contributed by atoms with Gasteiger partial charge in [-0.2, -0.15) is 0 Å². The van der Waals surface area contributed by atoms with Gasteiger partial charge in [0.25, 0.3) is 5.91 Å². The second kappa shape index (κ2) is 7.57. The highest BCUT2D eigenvalue weighted by Gasteiger charge is 2.42. The van der Waals surface area contributed by atoms with Crippen LogP contribution in [0.1, 0.15) is 30.1 Å². The normalized spacial score (nSPS) is 25.3. The molecule has 2 aliphatic heterocycles. The lowest BCUT2D eigenvalue weighted by Gasteiger charge is -2.43. The highest BCUT2D eigenvalue weighted by molar-refractivity contribution is 7.98. The van der Waals surface area contributed by atoms with Crippen molar-refractivity contribution in [3.63, 3.8) is 0 Å².